The van der Waals surface area contributed by atoms with Crippen LogP contribution in [0.25, 0.3) is 0 Å². The van der Waals surface area contributed by atoms with Crippen molar-refractivity contribution in [3.05, 3.63) is 29.6 Å². The number of unbranched alkanes of at least 4 members (excludes halogenated alkanes) is 4. The van der Waals surface area contributed by atoms with Crippen molar-refractivity contribution in [2.45, 2.75) is 63.3 Å². The number of hydrogen-bond acceptors (Lipinski definition) is 5. The number of nitrogens with zero attached hydrogens (tertiary/aromatic N) is 2. The van der Waals surface area contributed by atoms with E-state index in [1.54, 1.807) is 11.0 Å². The lowest BCUT2D eigenvalue weighted by Crippen LogP contribution is -2.50. The monoisotopic (exact) mass is 474 g/mol. The lowest BCUT2D eigenvalue weighted by atomic mass is 9.80. The molecule has 4 rings (SSSR count). The van der Waals surface area contributed by atoms with E-state index in [1.807, 2.05) is 12.1 Å². The number of piperidine rings is 1. The minimum atomic E-state index is -0.275. The molecule has 0 unspecified atom stereocenters. The highest BCUT2D eigenvalue weighted by Crippen LogP contribution is 2.36. The molecule has 2 N–H and O–H groups in total. The van der Waals surface area contributed by atoms with Gasteiger partial charge in [0.1, 0.15) is 6.54 Å². The number of carbonyl (C=O) groups is 2. The van der Waals surface area contributed by atoms with Crippen LogP contribution >= 0.6 is 0 Å². The van der Waals surface area contributed by atoms with E-state index >= 15 is 0 Å². The molecule has 3 aliphatic rings. The first kappa shape index (κ1) is 24.9. The Labute approximate surface area is 202 Å². The van der Waals surface area contributed by atoms with E-state index in [0.29, 0.717) is 24.8 Å². The average molecular weight is 475 g/mol. The smallest absolute Gasteiger partial charge is 0.324 e. The van der Waals surface area contributed by atoms with Crippen LogP contribution in [0.2, 0.25) is 0 Å². The van der Waals surface area contributed by atoms with Crippen molar-refractivity contribution in [3.63, 3.8) is 0 Å². The zero-order valence-electron chi connectivity index (χ0n) is 20.4. The summed E-state index contributed by atoms with van der Waals surface area (Å²) in [7, 11) is 2.15. The molecule has 0 atom stereocenters. The Morgan fingerprint density at radius 1 is 1.12 bits per heavy atom. The molecule has 3 fully saturated rings. The Balaban J connectivity index is 1.23. The van der Waals surface area contributed by atoms with Crippen molar-refractivity contribution in [1.82, 2.24) is 20.4 Å². The van der Waals surface area contributed by atoms with E-state index in [1.165, 1.54) is 12.8 Å². The second-order valence-electron chi connectivity index (χ2n) is 10.3. The zero-order valence-corrected chi connectivity index (χ0v) is 20.4. The van der Waals surface area contributed by atoms with Gasteiger partial charge in [0.15, 0.2) is 11.6 Å². The minimum Gasteiger partial charge on any atom is -0.490 e. The summed E-state index contributed by atoms with van der Waals surface area (Å²) >= 11 is 0. The third kappa shape index (κ3) is 6.69. The van der Waals surface area contributed by atoms with E-state index in [2.05, 4.69) is 22.6 Å². The molecule has 2 aliphatic heterocycles. The van der Waals surface area contributed by atoms with Gasteiger partial charge in [0.25, 0.3) is 0 Å². The summed E-state index contributed by atoms with van der Waals surface area (Å²) in [6, 6.07) is 5.15. The maximum Gasteiger partial charge on any atom is 0.324 e. The van der Waals surface area contributed by atoms with Crippen molar-refractivity contribution >= 4 is 11.9 Å². The summed E-state index contributed by atoms with van der Waals surface area (Å²) in [5, 5.41) is 6.15. The first-order valence-corrected chi connectivity index (χ1v) is 12.9. The Morgan fingerprint density at radius 3 is 2.56 bits per heavy atom. The van der Waals surface area contributed by atoms with Gasteiger partial charge in [0.2, 0.25) is 5.91 Å². The van der Waals surface area contributed by atoms with Gasteiger partial charge < -0.3 is 19.9 Å². The van der Waals surface area contributed by atoms with Gasteiger partial charge in [-0.05, 0) is 88.8 Å². The Hall–Kier alpha value is -2.19. The first-order valence-electron chi connectivity index (χ1n) is 12.9. The molecule has 8 heteroatoms. The molecule has 2 heterocycles. The quantitative estimate of drug-likeness (QED) is 0.337. The number of ether oxygens (including phenoxy) is 1. The summed E-state index contributed by atoms with van der Waals surface area (Å²) in [4.78, 5) is 26.7. The number of urea groups is 1. The van der Waals surface area contributed by atoms with Crippen LogP contribution in [-0.4, -0.2) is 68.1 Å². The Kier molecular flexibility index (Phi) is 8.42. The average Bonchev–Trinajstić information content (AvgIpc) is 3.59. The summed E-state index contributed by atoms with van der Waals surface area (Å²) in [6.45, 7) is 4.38. The largest absolute Gasteiger partial charge is 0.490 e. The molecule has 0 spiro atoms. The van der Waals surface area contributed by atoms with Crippen molar-refractivity contribution in [2.24, 2.45) is 5.92 Å². The molecule has 0 aromatic heterocycles. The van der Waals surface area contributed by atoms with Crippen molar-refractivity contribution in [3.8, 4) is 5.75 Å². The van der Waals surface area contributed by atoms with Crippen LogP contribution in [0.3, 0.4) is 0 Å². The van der Waals surface area contributed by atoms with Gasteiger partial charge in [-0.25, -0.2) is 9.18 Å². The second-order valence-corrected chi connectivity index (χ2v) is 10.3. The lowest BCUT2D eigenvalue weighted by Gasteiger charge is -2.42. The normalized spacial score (nSPS) is 20.6. The third-order valence-corrected chi connectivity index (χ3v) is 7.43. The van der Waals surface area contributed by atoms with E-state index in [4.69, 9.17) is 4.74 Å². The molecular formula is C26H39FN4O3. The number of halogens is 1. The van der Waals surface area contributed by atoms with Crippen LogP contribution in [0.4, 0.5) is 9.18 Å². The zero-order chi connectivity index (χ0) is 24.0. The van der Waals surface area contributed by atoms with E-state index in [9.17, 15) is 14.0 Å². The van der Waals surface area contributed by atoms with Gasteiger partial charge in [0.05, 0.1) is 6.61 Å². The van der Waals surface area contributed by atoms with Gasteiger partial charge in [-0.1, -0.05) is 25.3 Å². The minimum absolute atomic E-state index is 0.145. The Bertz CT molecular complexity index is 852. The van der Waals surface area contributed by atoms with Crippen LogP contribution in [0.15, 0.2) is 18.2 Å². The molecule has 2 saturated heterocycles. The van der Waals surface area contributed by atoms with E-state index < -0.39 is 0 Å². The fraction of sp³-hybridized carbons (Fsp3) is 0.692. The summed E-state index contributed by atoms with van der Waals surface area (Å²) in [6.07, 6.45) is 9.63. The highest BCUT2D eigenvalue weighted by atomic mass is 19.1. The molecule has 7 nitrogen and oxygen atoms in total. The number of likely N-dealkylation sites (tertiary alicyclic amines) is 1. The van der Waals surface area contributed by atoms with Crippen LogP contribution < -0.4 is 15.4 Å². The molecule has 3 amide bonds. The third-order valence-electron chi connectivity index (χ3n) is 7.43. The maximum absolute atomic E-state index is 14.4. The fourth-order valence-electron chi connectivity index (χ4n) is 4.92. The van der Waals surface area contributed by atoms with E-state index in [-0.39, 0.29) is 29.8 Å². The van der Waals surface area contributed by atoms with Gasteiger partial charge in [-0.2, -0.15) is 0 Å². The maximum atomic E-state index is 14.4. The number of hydrogen-bond donors (Lipinski definition) is 2. The number of rotatable bonds is 13. The molecular weight excluding hydrogens is 435 g/mol. The molecule has 34 heavy (non-hydrogen) atoms. The molecule has 188 valence electrons. The van der Waals surface area contributed by atoms with Gasteiger partial charge in [-0.3, -0.25) is 10.1 Å². The number of amides is 3. The number of benzene rings is 1. The number of carbonyl (C=O) groups excluding carboxylic acids is 2. The topological polar surface area (TPSA) is 73.9 Å². The lowest BCUT2D eigenvalue weighted by molar-refractivity contribution is -0.118. The molecule has 1 aromatic rings. The first-order chi connectivity index (χ1) is 16.4. The predicted molar refractivity (Wildman–Crippen MR) is 129 cm³/mol. The van der Waals surface area contributed by atoms with Gasteiger partial charge in [0, 0.05) is 12.1 Å². The Morgan fingerprint density at radius 2 is 1.85 bits per heavy atom. The molecule has 1 saturated carbocycles. The summed E-state index contributed by atoms with van der Waals surface area (Å²) in [5.41, 5.74) is 0.985. The second kappa shape index (κ2) is 11.5. The molecule has 0 bridgehead atoms. The van der Waals surface area contributed by atoms with Gasteiger partial charge >= 0.3 is 6.03 Å². The van der Waals surface area contributed by atoms with Crippen LogP contribution in [0.5, 0.6) is 5.75 Å². The molecule has 0 radical (unpaired) electrons. The molecule has 1 aromatic carbocycles. The van der Waals surface area contributed by atoms with Crippen molar-refractivity contribution in [1.29, 1.82) is 0 Å². The highest BCUT2D eigenvalue weighted by molar-refractivity contribution is 6.01. The SMILES string of the molecule is CN1CCC(NCCCCCCCN2CC(=O)NC2=O)(c2ccc(F)c(OCC3CC3)c2)CC1. The highest BCUT2D eigenvalue weighted by Gasteiger charge is 2.35. The number of imide groups is 1. The van der Waals surface area contributed by atoms with Crippen molar-refractivity contribution < 1.29 is 18.7 Å². The van der Waals surface area contributed by atoms with E-state index in [0.717, 1.165) is 70.1 Å². The summed E-state index contributed by atoms with van der Waals surface area (Å²) in [5.74, 6) is 0.497. The predicted octanol–water partition coefficient (Wildman–Crippen LogP) is 3.63. The van der Waals surface area contributed by atoms with Crippen molar-refractivity contribution in [2.75, 3.05) is 46.4 Å². The van der Waals surface area contributed by atoms with Crippen LogP contribution in [-0.2, 0) is 10.3 Å². The molecule has 1 aliphatic carbocycles. The van der Waals surface area contributed by atoms with Crippen LogP contribution in [0.1, 0.15) is 63.4 Å². The standard InChI is InChI=1S/C26H39FN4O3/c1-30-15-11-26(12-16-30,21-9-10-22(27)23(17-21)34-19-20-7-8-20)28-13-5-3-2-4-6-14-31-18-24(32)29-25(31)33/h9-10,17,20,28H,2-8,11-16,18-19H2,1H3,(H,29,32,33). The summed E-state index contributed by atoms with van der Waals surface area (Å²) < 4.78 is 20.2. The van der Waals surface area contributed by atoms with Gasteiger partial charge in [-0.15, -0.1) is 0 Å². The van der Waals surface area contributed by atoms with Crippen LogP contribution in [0, 0.1) is 11.7 Å². The number of nitrogens with one attached hydrogen (secondary N) is 2. The fourth-order valence-corrected chi connectivity index (χ4v) is 4.92.